The lowest BCUT2D eigenvalue weighted by Crippen LogP contribution is -2.26. The van der Waals surface area contributed by atoms with Crippen molar-refractivity contribution in [2.24, 2.45) is 0 Å². The molecule has 3 aromatic rings. The molecule has 7 heteroatoms. The Hall–Kier alpha value is -3.09. The number of nitrogens with two attached hydrogens (primary N) is 1. The van der Waals surface area contributed by atoms with Gasteiger partial charge in [-0.3, -0.25) is 0 Å². The lowest BCUT2D eigenvalue weighted by molar-refractivity contribution is 0.628. The molecule has 1 fully saturated rings. The molecule has 2 N–H and O–H groups in total. The van der Waals surface area contributed by atoms with Gasteiger partial charge in [-0.1, -0.05) is 12.1 Å². The molecular weight excluding hydrogens is 319 g/mol. The summed E-state index contributed by atoms with van der Waals surface area (Å²) in [5.74, 6) is 0.568. The average molecular weight is 336 g/mol. The van der Waals surface area contributed by atoms with Crippen molar-refractivity contribution >= 4 is 11.9 Å². The number of nitrogen functional groups attached to an aromatic ring is 1. The van der Waals surface area contributed by atoms with E-state index in [1.165, 1.54) is 12.1 Å². The summed E-state index contributed by atoms with van der Waals surface area (Å²) in [6, 6.07) is 8.19. The first-order valence-corrected chi connectivity index (χ1v) is 8.14. The maximum Gasteiger partial charge on any atom is 0.225 e. The van der Waals surface area contributed by atoms with E-state index in [0.717, 1.165) is 36.2 Å². The van der Waals surface area contributed by atoms with E-state index in [4.69, 9.17) is 5.73 Å². The van der Waals surface area contributed by atoms with Crippen LogP contribution in [0.5, 0.6) is 0 Å². The van der Waals surface area contributed by atoms with E-state index in [-0.39, 0.29) is 17.8 Å². The highest BCUT2D eigenvalue weighted by molar-refractivity contribution is 5.67. The van der Waals surface area contributed by atoms with Crippen LogP contribution in [0.2, 0.25) is 0 Å². The standard InChI is InChI=1S/C18H17FN6/c19-13-5-1-4-12(10-13)14-11-23-17(20)24-16(14)15-6-2-9-25(15)18-21-7-3-8-22-18/h1,3-5,7-8,10-11,15H,2,6,9H2,(H2,20,23,24)/t15-/m1/s1. The average Bonchev–Trinajstić information content (AvgIpc) is 3.12. The van der Waals surface area contributed by atoms with Gasteiger partial charge in [-0.2, -0.15) is 0 Å². The zero-order valence-corrected chi connectivity index (χ0v) is 13.5. The second-order valence-corrected chi connectivity index (χ2v) is 5.94. The van der Waals surface area contributed by atoms with Crippen LogP contribution in [0.4, 0.5) is 16.3 Å². The summed E-state index contributed by atoms with van der Waals surface area (Å²) in [5.41, 5.74) is 8.13. The molecule has 0 spiro atoms. The maximum atomic E-state index is 13.7. The van der Waals surface area contributed by atoms with E-state index in [0.29, 0.717) is 5.95 Å². The highest BCUT2D eigenvalue weighted by Crippen LogP contribution is 2.38. The molecule has 126 valence electrons. The fraction of sp³-hybridized carbons (Fsp3) is 0.222. The van der Waals surface area contributed by atoms with Gasteiger partial charge in [0.1, 0.15) is 5.82 Å². The molecule has 6 nitrogen and oxygen atoms in total. The van der Waals surface area contributed by atoms with E-state index in [9.17, 15) is 4.39 Å². The topological polar surface area (TPSA) is 80.8 Å². The van der Waals surface area contributed by atoms with Gasteiger partial charge >= 0.3 is 0 Å². The van der Waals surface area contributed by atoms with Crippen LogP contribution in [-0.2, 0) is 0 Å². The molecule has 3 heterocycles. The number of nitrogens with zero attached hydrogens (tertiary/aromatic N) is 5. The minimum atomic E-state index is -0.296. The normalized spacial score (nSPS) is 17.0. The van der Waals surface area contributed by atoms with Crippen molar-refractivity contribution in [3.63, 3.8) is 0 Å². The van der Waals surface area contributed by atoms with E-state index < -0.39 is 0 Å². The van der Waals surface area contributed by atoms with Gasteiger partial charge in [0.15, 0.2) is 0 Å². The number of benzene rings is 1. The molecule has 25 heavy (non-hydrogen) atoms. The predicted molar refractivity (Wildman–Crippen MR) is 93.2 cm³/mol. The smallest absolute Gasteiger partial charge is 0.225 e. The number of rotatable bonds is 3. The quantitative estimate of drug-likeness (QED) is 0.792. The molecule has 1 saturated heterocycles. The van der Waals surface area contributed by atoms with Crippen molar-refractivity contribution in [2.75, 3.05) is 17.2 Å². The molecular formula is C18H17FN6. The van der Waals surface area contributed by atoms with Crippen molar-refractivity contribution in [3.8, 4) is 11.1 Å². The summed E-state index contributed by atoms with van der Waals surface area (Å²) < 4.78 is 13.7. The van der Waals surface area contributed by atoms with Crippen LogP contribution in [0, 0.1) is 5.82 Å². The lowest BCUT2D eigenvalue weighted by Gasteiger charge is -2.25. The van der Waals surface area contributed by atoms with Crippen LogP contribution in [-0.4, -0.2) is 26.5 Å². The van der Waals surface area contributed by atoms with Crippen LogP contribution in [0.3, 0.4) is 0 Å². The predicted octanol–water partition coefficient (Wildman–Crippen LogP) is 3.00. The third kappa shape index (κ3) is 3.00. The number of aromatic nitrogens is 4. The molecule has 0 amide bonds. The molecule has 0 aliphatic carbocycles. The lowest BCUT2D eigenvalue weighted by atomic mass is 10.00. The van der Waals surface area contributed by atoms with Gasteiger partial charge in [-0.15, -0.1) is 0 Å². The van der Waals surface area contributed by atoms with Crippen molar-refractivity contribution in [3.05, 3.63) is 60.4 Å². The molecule has 4 rings (SSSR count). The molecule has 1 aromatic carbocycles. The van der Waals surface area contributed by atoms with Crippen molar-refractivity contribution in [1.82, 2.24) is 19.9 Å². The number of hydrogen-bond acceptors (Lipinski definition) is 6. The first kappa shape index (κ1) is 15.4. The van der Waals surface area contributed by atoms with E-state index in [1.54, 1.807) is 30.7 Å². The van der Waals surface area contributed by atoms with Crippen molar-refractivity contribution in [2.45, 2.75) is 18.9 Å². The Kier molecular flexibility index (Phi) is 3.97. The van der Waals surface area contributed by atoms with Gasteiger partial charge in [0.05, 0.1) is 11.7 Å². The third-order valence-corrected chi connectivity index (χ3v) is 4.35. The first-order valence-electron chi connectivity index (χ1n) is 8.14. The van der Waals surface area contributed by atoms with Gasteiger partial charge in [0, 0.05) is 30.7 Å². The summed E-state index contributed by atoms with van der Waals surface area (Å²) in [6.45, 7) is 0.835. The Bertz CT molecular complexity index is 886. The Balaban J connectivity index is 1.80. The summed E-state index contributed by atoms with van der Waals surface area (Å²) >= 11 is 0. The summed E-state index contributed by atoms with van der Waals surface area (Å²) in [6.07, 6.45) is 7.00. The Morgan fingerprint density at radius 1 is 1.12 bits per heavy atom. The molecule has 1 aliphatic rings. The van der Waals surface area contributed by atoms with Gasteiger partial charge in [0.25, 0.3) is 0 Å². The van der Waals surface area contributed by atoms with Gasteiger partial charge in [0.2, 0.25) is 11.9 Å². The number of hydrogen-bond donors (Lipinski definition) is 1. The SMILES string of the molecule is Nc1ncc(-c2cccc(F)c2)c([C@H]2CCCN2c2ncccn2)n1. The molecule has 0 bridgehead atoms. The monoisotopic (exact) mass is 336 g/mol. The molecule has 1 atom stereocenters. The fourth-order valence-electron chi connectivity index (χ4n) is 3.27. The van der Waals surface area contributed by atoms with Crippen molar-refractivity contribution < 1.29 is 4.39 Å². The zero-order chi connectivity index (χ0) is 17.2. The summed E-state index contributed by atoms with van der Waals surface area (Å²) in [7, 11) is 0. The molecule has 0 saturated carbocycles. The minimum absolute atomic E-state index is 0.0223. The molecule has 0 unspecified atom stereocenters. The second kappa shape index (κ2) is 6.43. The maximum absolute atomic E-state index is 13.7. The van der Waals surface area contributed by atoms with E-state index >= 15 is 0 Å². The highest BCUT2D eigenvalue weighted by Gasteiger charge is 2.31. The first-order chi connectivity index (χ1) is 12.2. The molecule has 0 radical (unpaired) electrons. The fourth-order valence-corrected chi connectivity index (χ4v) is 3.27. The highest BCUT2D eigenvalue weighted by atomic mass is 19.1. The van der Waals surface area contributed by atoms with E-state index in [1.807, 2.05) is 6.07 Å². The number of anilines is 2. The van der Waals surface area contributed by atoms with Crippen LogP contribution in [0.15, 0.2) is 48.9 Å². The summed E-state index contributed by atoms with van der Waals surface area (Å²) in [5, 5.41) is 0. The minimum Gasteiger partial charge on any atom is -0.368 e. The Morgan fingerprint density at radius 3 is 2.76 bits per heavy atom. The van der Waals surface area contributed by atoms with Crippen LogP contribution in [0.25, 0.3) is 11.1 Å². The van der Waals surface area contributed by atoms with Crippen molar-refractivity contribution in [1.29, 1.82) is 0 Å². The Labute approximate surface area is 144 Å². The molecule has 2 aromatic heterocycles. The van der Waals surface area contributed by atoms with Crippen LogP contribution >= 0.6 is 0 Å². The molecule has 1 aliphatic heterocycles. The summed E-state index contributed by atoms with van der Waals surface area (Å²) in [4.78, 5) is 19.4. The van der Waals surface area contributed by atoms with E-state index in [2.05, 4.69) is 24.8 Å². The second-order valence-electron chi connectivity index (χ2n) is 5.94. The number of halogens is 1. The third-order valence-electron chi connectivity index (χ3n) is 4.35. The van der Waals surface area contributed by atoms with Gasteiger partial charge in [-0.05, 0) is 36.6 Å². The van der Waals surface area contributed by atoms with Crippen LogP contribution in [0.1, 0.15) is 24.6 Å². The van der Waals surface area contributed by atoms with Gasteiger partial charge < -0.3 is 10.6 Å². The zero-order valence-electron chi connectivity index (χ0n) is 13.5. The largest absolute Gasteiger partial charge is 0.368 e. The van der Waals surface area contributed by atoms with Crippen LogP contribution < -0.4 is 10.6 Å². The van der Waals surface area contributed by atoms with Gasteiger partial charge in [-0.25, -0.2) is 24.3 Å². The Morgan fingerprint density at radius 2 is 1.96 bits per heavy atom.